The average Bonchev–Trinajstić information content (AvgIpc) is 2.62. The number of benzene rings is 1. The van der Waals surface area contributed by atoms with Crippen molar-refractivity contribution in [2.75, 3.05) is 13.1 Å². The second-order valence-corrected chi connectivity index (χ2v) is 7.31. The summed E-state index contributed by atoms with van der Waals surface area (Å²) in [6, 6.07) is 10.6. The summed E-state index contributed by atoms with van der Waals surface area (Å²) in [6.07, 6.45) is 4.93. The third kappa shape index (κ3) is 4.25. The molecule has 2 heterocycles. The van der Waals surface area contributed by atoms with Gasteiger partial charge in [-0.05, 0) is 37.7 Å². The third-order valence-electron chi connectivity index (χ3n) is 5.01. The Morgan fingerprint density at radius 1 is 1.20 bits per heavy atom. The average molecular weight is 337 g/mol. The van der Waals surface area contributed by atoms with Crippen molar-refractivity contribution in [1.29, 1.82) is 0 Å². The Bertz CT molecular complexity index is 719. The Hall–Kier alpha value is -2.23. The SMILES string of the molecule is Cc1nc(C(C)C)ncc1C(=O)N1CCC(Cc2ccccc2)CC1. The second kappa shape index (κ2) is 7.77. The van der Waals surface area contributed by atoms with Gasteiger partial charge >= 0.3 is 0 Å². The number of amides is 1. The number of aryl methyl sites for hydroxylation is 1. The fraction of sp³-hybridized carbons (Fsp3) is 0.476. The second-order valence-electron chi connectivity index (χ2n) is 7.31. The molecule has 0 spiro atoms. The number of carbonyl (C=O) groups excluding carboxylic acids is 1. The van der Waals surface area contributed by atoms with Gasteiger partial charge in [-0.3, -0.25) is 4.79 Å². The maximum absolute atomic E-state index is 12.8. The van der Waals surface area contributed by atoms with E-state index in [9.17, 15) is 4.79 Å². The monoisotopic (exact) mass is 337 g/mol. The van der Waals surface area contributed by atoms with E-state index >= 15 is 0 Å². The first kappa shape index (κ1) is 17.6. The lowest BCUT2D eigenvalue weighted by Crippen LogP contribution is -2.39. The van der Waals surface area contributed by atoms with Gasteiger partial charge in [0, 0.05) is 25.2 Å². The first-order chi connectivity index (χ1) is 12.0. The molecule has 0 radical (unpaired) electrons. The molecule has 1 aromatic heterocycles. The molecular formula is C21H27N3O. The van der Waals surface area contributed by atoms with E-state index in [1.165, 1.54) is 5.56 Å². The summed E-state index contributed by atoms with van der Waals surface area (Å²) in [5.74, 6) is 1.81. The topological polar surface area (TPSA) is 46.1 Å². The summed E-state index contributed by atoms with van der Waals surface area (Å²) in [6.45, 7) is 7.67. The van der Waals surface area contributed by atoms with Crippen LogP contribution < -0.4 is 0 Å². The normalized spacial score (nSPS) is 15.6. The highest BCUT2D eigenvalue weighted by atomic mass is 16.2. The minimum atomic E-state index is 0.0750. The molecule has 1 saturated heterocycles. The molecule has 2 aromatic rings. The molecule has 0 saturated carbocycles. The van der Waals surface area contributed by atoms with Crippen LogP contribution in [-0.2, 0) is 6.42 Å². The number of nitrogens with zero attached hydrogens (tertiary/aromatic N) is 3. The first-order valence-corrected chi connectivity index (χ1v) is 9.21. The summed E-state index contributed by atoms with van der Waals surface area (Å²) >= 11 is 0. The predicted molar refractivity (Wildman–Crippen MR) is 99.6 cm³/mol. The van der Waals surface area contributed by atoms with E-state index < -0.39 is 0 Å². The molecule has 1 fully saturated rings. The molecule has 1 aliphatic rings. The predicted octanol–water partition coefficient (Wildman–Crippen LogP) is 4.00. The van der Waals surface area contributed by atoms with Gasteiger partial charge in [0.1, 0.15) is 5.82 Å². The number of rotatable bonds is 4. The zero-order chi connectivity index (χ0) is 17.8. The standard InChI is InChI=1S/C21H27N3O/c1-15(2)20-22-14-19(16(3)23-20)21(25)24-11-9-18(10-12-24)13-17-7-5-4-6-8-17/h4-8,14-15,18H,9-13H2,1-3H3. The van der Waals surface area contributed by atoms with Gasteiger partial charge < -0.3 is 4.90 Å². The van der Waals surface area contributed by atoms with Crippen molar-refractivity contribution in [3.8, 4) is 0 Å². The van der Waals surface area contributed by atoms with Crippen molar-refractivity contribution >= 4 is 5.91 Å². The highest BCUT2D eigenvalue weighted by Gasteiger charge is 2.25. The Kier molecular flexibility index (Phi) is 5.47. The fourth-order valence-electron chi connectivity index (χ4n) is 3.43. The number of carbonyl (C=O) groups is 1. The van der Waals surface area contributed by atoms with Crippen molar-refractivity contribution in [3.05, 3.63) is 59.2 Å². The zero-order valence-corrected chi connectivity index (χ0v) is 15.4. The van der Waals surface area contributed by atoms with E-state index in [1.54, 1.807) is 6.20 Å². The van der Waals surface area contributed by atoms with Crippen LogP contribution in [0.2, 0.25) is 0 Å². The molecule has 0 bridgehead atoms. The lowest BCUT2D eigenvalue weighted by Gasteiger charge is -2.32. The molecule has 25 heavy (non-hydrogen) atoms. The van der Waals surface area contributed by atoms with Gasteiger partial charge in [0.15, 0.2) is 0 Å². The molecule has 0 N–H and O–H groups in total. The largest absolute Gasteiger partial charge is 0.339 e. The van der Waals surface area contributed by atoms with Crippen LogP contribution in [0.1, 0.15) is 60.0 Å². The van der Waals surface area contributed by atoms with E-state index in [1.807, 2.05) is 11.8 Å². The van der Waals surface area contributed by atoms with Crippen LogP contribution in [0.25, 0.3) is 0 Å². The molecule has 4 heteroatoms. The van der Waals surface area contributed by atoms with Crippen LogP contribution >= 0.6 is 0 Å². The van der Waals surface area contributed by atoms with Crippen molar-refractivity contribution < 1.29 is 4.79 Å². The molecule has 1 amide bonds. The molecule has 4 nitrogen and oxygen atoms in total. The van der Waals surface area contributed by atoms with Crippen molar-refractivity contribution in [3.63, 3.8) is 0 Å². The molecule has 3 rings (SSSR count). The van der Waals surface area contributed by atoms with Crippen LogP contribution in [0.5, 0.6) is 0 Å². The Labute approximate surface area is 150 Å². The first-order valence-electron chi connectivity index (χ1n) is 9.21. The lowest BCUT2D eigenvalue weighted by atomic mass is 9.90. The smallest absolute Gasteiger partial charge is 0.257 e. The van der Waals surface area contributed by atoms with E-state index in [4.69, 9.17) is 0 Å². The van der Waals surface area contributed by atoms with Crippen molar-refractivity contribution in [1.82, 2.24) is 14.9 Å². The van der Waals surface area contributed by atoms with E-state index in [-0.39, 0.29) is 11.8 Å². The summed E-state index contributed by atoms with van der Waals surface area (Å²) in [5, 5.41) is 0. The molecule has 1 aliphatic heterocycles. The van der Waals surface area contributed by atoms with Gasteiger partial charge in [0.05, 0.1) is 11.3 Å². The molecule has 0 atom stereocenters. The minimum Gasteiger partial charge on any atom is -0.339 e. The van der Waals surface area contributed by atoms with Crippen LogP contribution in [0.4, 0.5) is 0 Å². The number of hydrogen-bond acceptors (Lipinski definition) is 3. The summed E-state index contributed by atoms with van der Waals surface area (Å²) in [4.78, 5) is 23.6. The fourth-order valence-corrected chi connectivity index (χ4v) is 3.43. The summed E-state index contributed by atoms with van der Waals surface area (Å²) < 4.78 is 0. The van der Waals surface area contributed by atoms with Gasteiger partial charge in [0.25, 0.3) is 5.91 Å². The van der Waals surface area contributed by atoms with E-state index in [0.717, 1.165) is 43.9 Å². The van der Waals surface area contributed by atoms with Gasteiger partial charge in [-0.2, -0.15) is 0 Å². The number of likely N-dealkylation sites (tertiary alicyclic amines) is 1. The van der Waals surface area contributed by atoms with E-state index in [2.05, 4.69) is 54.1 Å². The van der Waals surface area contributed by atoms with Crippen LogP contribution in [0, 0.1) is 12.8 Å². The highest BCUT2D eigenvalue weighted by molar-refractivity contribution is 5.95. The van der Waals surface area contributed by atoms with E-state index in [0.29, 0.717) is 11.5 Å². The molecule has 0 unspecified atom stereocenters. The zero-order valence-electron chi connectivity index (χ0n) is 15.4. The van der Waals surface area contributed by atoms with Crippen molar-refractivity contribution in [2.45, 2.75) is 46.0 Å². The van der Waals surface area contributed by atoms with Gasteiger partial charge in [-0.25, -0.2) is 9.97 Å². The summed E-state index contributed by atoms with van der Waals surface area (Å²) in [7, 11) is 0. The highest BCUT2D eigenvalue weighted by Crippen LogP contribution is 2.23. The number of hydrogen-bond donors (Lipinski definition) is 0. The molecule has 1 aromatic carbocycles. The Balaban J connectivity index is 1.60. The Morgan fingerprint density at radius 2 is 1.88 bits per heavy atom. The third-order valence-corrected chi connectivity index (χ3v) is 5.01. The van der Waals surface area contributed by atoms with Gasteiger partial charge in [-0.15, -0.1) is 0 Å². The molecule has 0 aliphatic carbocycles. The lowest BCUT2D eigenvalue weighted by molar-refractivity contribution is 0.0688. The number of aromatic nitrogens is 2. The molecular weight excluding hydrogens is 310 g/mol. The van der Waals surface area contributed by atoms with Crippen LogP contribution in [0.3, 0.4) is 0 Å². The van der Waals surface area contributed by atoms with Crippen molar-refractivity contribution in [2.24, 2.45) is 5.92 Å². The quantitative estimate of drug-likeness (QED) is 0.847. The van der Waals surface area contributed by atoms with Crippen LogP contribution in [0.15, 0.2) is 36.5 Å². The summed E-state index contributed by atoms with van der Waals surface area (Å²) in [5.41, 5.74) is 2.82. The number of piperidine rings is 1. The Morgan fingerprint density at radius 3 is 2.48 bits per heavy atom. The minimum absolute atomic E-state index is 0.0750. The van der Waals surface area contributed by atoms with Gasteiger partial charge in [-0.1, -0.05) is 44.2 Å². The maximum Gasteiger partial charge on any atom is 0.257 e. The molecule has 132 valence electrons. The maximum atomic E-state index is 12.8. The van der Waals surface area contributed by atoms with Crippen LogP contribution in [-0.4, -0.2) is 33.9 Å². The van der Waals surface area contributed by atoms with Gasteiger partial charge in [0.2, 0.25) is 0 Å².